The first-order valence-electron chi connectivity index (χ1n) is 4.86. The zero-order valence-electron chi connectivity index (χ0n) is 8.12. The summed E-state index contributed by atoms with van der Waals surface area (Å²) in [5, 5.41) is 11.7. The van der Waals surface area contributed by atoms with Gasteiger partial charge in [-0.25, -0.2) is 5.10 Å². The minimum absolute atomic E-state index is 0.105. The molecule has 1 saturated heterocycles. The van der Waals surface area contributed by atoms with Crippen molar-refractivity contribution in [1.82, 2.24) is 15.5 Å². The van der Waals surface area contributed by atoms with Gasteiger partial charge < -0.3 is 10.6 Å². The molecule has 0 unspecified atom stereocenters. The predicted molar refractivity (Wildman–Crippen MR) is 54.5 cm³/mol. The first-order chi connectivity index (χ1) is 7.25. The molecule has 1 aliphatic heterocycles. The zero-order chi connectivity index (χ0) is 10.7. The van der Waals surface area contributed by atoms with Gasteiger partial charge in [-0.15, -0.1) is 0 Å². The fourth-order valence-corrected chi connectivity index (χ4v) is 1.54. The summed E-state index contributed by atoms with van der Waals surface area (Å²) in [5.41, 5.74) is -0.285. The molecule has 0 aliphatic carbocycles. The molecule has 1 atom stereocenters. The van der Waals surface area contributed by atoms with E-state index in [4.69, 9.17) is 0 Å². The van der Waals surface area contributed by atoms with Crippen LogP contribution in [0.4, 0.5) is 5.82 Å². The number of nitrogens with zero attached hydrogens (tertiary/aromatic N) is 1. The van der Waals surface area contributed by atoms with Gasteiger partial charge in [0.1, 0.15) is 0 Å². The van der Waals surface area contributed by atoms with Gasteiger partial charge in [0.05, 0.1) is 6.04 Å². The van der Waals surface area contributed by atoms with E-state index in [2.05, 4.69) is 20.8 Å². The van der Waals surface area contributed by atoms with Gasteiger partial charge in [-0.3, -0.25) is 9.59 Å². The lowest BCUT2D eigenvalue weighted by Gasteiger charge is -2.09. The average molecular weight is 208 g/mol. The summed E-state index contributed by atoms with van der Waals surface area (Å²) in [7, 11) is 0. The minimum atomic E-state index is -0.285. The van der Waals surface area contributed by atoms with E-state index in [0.717, 1.165) is 19.4 Å². The Labute approximate surface area is 86.1 Å². The monoisotopic (exact) mass is 208 g/mol. The summed E-state index contributed by atoms with van der Waals surface area (Å²) in [6.07, 6.45) is 1.85. The molecule has 0 bridgehead atoms. The van der Waals surface area contributed by atoms with Gasteiger partial charge in [-0.1, -0.05) is 0 Å². The van der Waals surface area contributed by atoms with Crippen LogP contribution in [0.5, 0.6) is 0 Å². The minimum Gasteiger partial charge on any atom is -0.308 e. The third-order valence-corrected chi connectivity index (χ3v) is 2.31. The molecular formula is C9H12N4O2. The highest BCUT2D eigenvalue weighted by molar-refractivity contribution is 5.94. The third-order valence-electron chi connectivity index (χ3n) is 2.31. The van der Waals surface area contributed by atoms with Crippen molar-refractivity contribution in [3.63, 3.8) is 0 Å². The molecule has 2 rings (SSSR count). The van der Waals surface area contributed by atoms with E-state index in [9.17, 15) is 9.59 Å². The molecule has 1 amide bonds. The predicted octanol–water partition coefficient (Wildman–Crippen LogP) is -0.540. The summed E-state index contributed by atoms with van der Waals surface area (Å²) in [4.78, 5) is 22.3. The van der Waals surface area contributed by atoms with E-state index in [1.165, 1.54) is 12.1 Å². The van der Waals surface area contributed by atoms with E-state index in [0.29, 0.717) is 5.82 Å². The van der Waals surface area contributed by atoms with Gasteiger partial charge in [0.15, 0.2) is 5.82 Å². The topological polar surface area (TPSA) is 86.9 Å². The normalized spacial score (nSPS) is 20.1. The maximum absolute atomic E-state index is 11.6. The first kappa shape index (κ1) is 9.85. The summed E-state index contributed by atoms with van der Waals surface area (Å²) < 4.78 is 0. The summed E-state index contributed by atoms with van der Waals surface area (Å²) in [6.45, 7) is 0.872. The van der Waals surface area contributed by atoms with Gasteiger partial charge >= 0.3 is 0 Å². The highest BCUT2D eigenvalue weighted by atomic mass is 16.2. The lowest BCUT2D eigenvalue weighted by Crippen LogP contribution is -2.35. The summed E-state index contributed by atoms with van der Waals surface area (Å²) >= 11 is 0. The maximum atomic E-state index is 11.6. The number of aromatic nitrogens is 2. The number of anilines is 1. The molecule has 80 valence electrons. The molecule has 1 aromatic heterocycles. The van der Waals surface area contributed by atoms with Crippen LogP contribution >= 0.6 is 0 Å². The standard InChI is InChI=1S/C9H12N4O2/c14-8-4-3-7(12-13-8)11-9(15)6-2-1-5-10-6/h3-4,6,10H,1-2,5H2,(H,13,14)(H,11,12,15)/t6-/m1/s1. The van der Waals surface area contributed by atoms with Crippen LogP contribution in [0.2, 0.25) is 0 Å². The number of hydrogen-bond acceptors (Lipinski definition) is 4. The lowest BCUT2D eigenvalue weighted by atomic mass is 10.2. The lowest BCUT2D eigenvalue weighted by molar-refractivity contribution is -0.117. The fourth-order valence-electron chi connectivity index (χ4n) is 1.54. The van der Waals surface area contributed by atoms with Gasteiger partial charge in [0.2, 0.25) is 5.91 Å². The second-order valence-electron chi connectivity index (χ2n) is 3.44. The molecule has 2 heterocycles. The second kappa shape index (κ2) is 4.22. The number of nitrogens with one attached hydrogen (secondary N) is 3. The molecular weight excluding hydrogens is 196 g/mol. The average Bonchev–Trinajstić information content (AvgIpc) is 2.74. The highest BCUT2D eigenvalue weighted by Crippen LogP contribution is 2.07. The van der Waals surface area contributed by atoms with Crippen molar-refractivity contribution in [1.29, 1.82) is 0 Å². The molecule has 15 heavy (non-hydrogen) atoms. The van der Waals surface area contributed by atoms with Crippen LogP contribution in [0.15, 0.2) is 16.9 Å². The molecule has 6 nitrogen and oxygen atoms in total. The van der Waals surface area contributed by atoms with Gasteiger partial charge in [-0.2, -0.15) is 5.10 Å². The van der Waals surface area contributed by atoms with Crippen LogP contribution in [0.25, 0.3) is 0 Å². The Morgan fingerprint density at radius 2 is 2.40 bits per heavy atom. The number of H-pyrrole nitrogens is 1. The van der Waals surface area contributed by atoms with Crippen LogP contribution < -0.4 is 16.2 Å². The van der Waals surface area contributed by atoms with Crippen LogP contribution in [-0.4, -0.2) is 28.7 Å². The number of carbonyl (C=O) groups excluding carboxylic acids is 1. The van der Waals surface area contributed by atoms with Crippen LogP contribution in [0, 0.1) is 0 Å². The number of rotatable bonds is 2. The van der Waals surface area contributed by atoms with Crippen molar-refractivity contribution < 1.29 is 4.79 Å². The molecule has 0 saturated carbocycles. The Morgan fingerprint density at radius 1 is 1.53 bits per heavy atom. The number of carbonyl (C=O) groups is 1. The fraction of sp³-hybridized carbons (Fsp3) is 0.444. The number of amides is 1. The van der Waals surface area contributed by atoms with Crippen LogP contribution in [0.3, 0.4) is 0 Å². The summed E-state index contributed by atoms with van der Waals surface area (Å²) in [5.74, 6) is 0.264. The maximum Gasteiger partial charge on any atom is 0.264 e. The molecule has 3 N–H and O–H groups in total. The third kappa shape index (κ3) is 2.41. The zero-order valence-corrected chi connectivity index (χ0v) is 8.12. The van der Waals surface area contributed by atoms with Crippen molar-refractivity contribution in [2.75, 3.05) is 11.9 Å². The SMILES string of the molecule is O=C(Nc1ccc(=O)[nH]n1)[C@H]1CCCN1. The molecule has 1 aromatic rings. The van der Waals surface area contributed by atoms with Gasteiger partial charge in [0.25, 0.3) is 5.56 Å². The van der Waals surface area contributed by atoms with Crippen molar-refractivity contribution >= 4 is 11.7 Å². The quantitative estimate of drug-likeness (QED) is 0.609. The number of aromatic amines is 1. The van der Waals surface area contributed by atoms with Gasteiger partial charge in [-0.05, 0) is 25.5 Å². The Morgan fingerprint density at radius 3 is 3.00 bits per heavy atom. The van der Waals surface area contributed by atoms with Crippen LogP contribution in [0.1, 0.15) is 12.8 Å². The van der Waals surface area contributed by atoms with E-state index < -0.39 is 0 Å². The first-order valence-corrected chi connectivity index (χ1v) is 4.86. The Balaban J connectivity index is 1.99. The smallest absolute Gasteiger partial charge is 0.264 e. The second-order valence-corrected chi connectivity index (χ2v) is 3.44. The molecule has 1 aliphatic rings. The van der Waals surface area contributed by atoms with Crippen molar-refractivity contribution in [3.05, 3.63) is 22.5 Å². The Bertz CT molecular complexity index is 388. The summed E-state index contributed by atoms with van der Waals surface area (Å²) in [6, 6.07) is 2.66. The van der Waals surface area contributed by atoms with Crippen molar-refractivity contribution in [2.24, 2.45) is 0 Å². The Hall–Kier alpha value is -1.69. The van der Waals surface area contributed by atoms with E-state index in [1.54, 1.807) is 0 Å². The molecule has 0 aromatic carbocycles. The van der Waals surface area contributed by atoms with Crippen LogP contribution in [-0.2, 0) is 4.79 Å². The highest BCUT2D eigenvalue weighted by Gasteiger charge is 2.21. The number of hydrogen-bond donors (Lipinski definition) is 3. The van der Waals surface area contributed by atoms with Crippen molar-refractivity contribution in [3.8, 4) is 0 Å². The van der Waals surface area contributed by atoms with E-state index in [1.807, 2.05) is 0 Å². The molecule has 0 radical (unpaired) electrons. The van der Waals surface area contributed by atoms with E-state index in [-0.39, 0.29) is 17.5 Å². The molecule has 1 fully saturated rings. The van der Waals surface area contributed by atoms with Gasteiger partial charge in [0, 0.05) is 6.07 Å². The van der Waals surface area contributed by atoms with E-state index >= 15 is 0 Å². The molecule has 0 spiro atoms. The Kier molecular flexibility index (Phi) is 2.77. The van der Waals surface area contributed by atoms with Crippen molar-refractivity contribution in [2.45, 2.75) is 18.9 Å². The molecule has 6 heteroatoms. The largest absolute Gasteiger partial charge is 0.308 e.